The van der Waals surface area contributed by atoms with Gasteiger partial charge in [-0.25, -0.2) is 8.78 Å². The lowest BCUT2D eigenvalue weighted by atomic mass is 10.1. The first-order valence-electron chi connectivity index (χ1n) is 6.58. The van der Waals surface area contributed by atoms with Crippen molar-refractivity contribution in [2.24, 2.45) is 0 Å². The highest BCUT2D eigenvalue weighted by molar-refractivity contribution is 5.88. The second-order valence-electron chi connectivity index (χ2n) is 4.41. The van der Waals surface area contributed by atoms with Crippen molar-refractivity contribution in [1.29, 1.82) is 0 Å². The van der Waals surface area contributed by atoms with Crippen molar-refractivity contribution in [3.05, 3.63) is 47.0 Å². The Kier molecular flexibility index (Phi) is 6.31. The smallest absolute Gasteiger partial charge is 0.244 e. The number of rotatable bonds is 6. The maximum absolute atomic E-state index is 13.4. The van der Waals surface area contributed by atoms with Crippen LogP contribution in [0.2, 0.25) is 0 Å². The van der Waals surface area contributed by atoms with Crippen LogP contribution >= 0.6 is 0 Å². The standard InChI is InChI=1S/C15H19F2NO2/c1-3-10(4-2)8-14(20)18-9-13(19)15-11(16)6-5-7-12(15)17/h5-8,13,19H,3-4,9H2,1-2H3,(H,18,20). The summed E-state index contributed by atoms with van der Waals surface area (Å²) >= 11 is 0. The first-order chi connectivity index (χ1) is 9.49. The highest BCUT2D eigenvalue weighted by Gasteiger charge is 2.17. The minimum Gasteiger partial charge on any atom is -0.386 e. The fourth-order valence-electron chi connectivity index (χ4n) is 1.82. The summed E-state index contributed by atoms with van der Waals surface area (Å²) in [4.78, 5) is 11.6. The summed E-state index contributed by atoms with van der Waals surface area (Å²) in [6.07, 6.45) is 1.55. The normalized spacial score (nSPS) is 11.8. The third-order valence-corrected chi connectivity index (χ3v) is 3.05. The van der Waals surface area contributed by atoms with Crippen LogP contribution in [0.5, 0.6) is 0 Å². The van der Waals surface area contributed by atoms with E-state index in [1.54, 1.807) is 0 Å². The molecular weight excluding hydrogens is 264 g/mol. The Morgan fingerprint density at radius 2 is 1.85 bits per heavy atom. The molecule has 0 aliphatic heterocycles. The van der Waals surface area contributed by atoms with Gasteiger partial charge in [0.2, 0.25) is 5.91 Å². The summed E-state index contributed by atoms with van der Waals surface area (Å²) in [6.45, 7) is 3.63. The third kappa shape index (κ3) is 4.42. The Morgan fingerprint density at radius 3 is 2.35 bits per heavy atom. The monoisotopic (exact) mass is 283 g/mol. The molecule has 0 aromatic heterocycles. The van der Waals surface area contributed by atoms with Crippen molar-refractivity contribution < 1.29 is 18.7 Å². The molecule has 0 saturated heterocycles. The largest absolute Gasteiger partial charge is 0.386 e. The molecule has 1 unspecified atom stereocenters. The van der Waals surface area contributed by atoms with Crippen LogP contribution in [-0.2, 0) is 4.79 Å². The zero-order valence-electron chi connectivity index (χ0n) is 11.6. The van der Waals surface area contributed by atoms with Gasteiger partial charge in [-0.1, -0.05) is 25.5 Å². The minimum absolute atomic E-state index is 0.242. The van der Waals surface area contributed by atoms with Gasteiger partial charge in [0.05, 0.1) is 5.56 Å². The molecule has 110 valence electrons. The van der Waals surface area contributed by atoms with Crippen LogP contribution in [0, 0.1) is 11.6 Å². The number of carbonyl (C=O) groups excluding carboxylic acids is 1. The molecule has 1 rings (SSSR count). The van der Waals surface area contributed by atoms with Crippen molar-refractivity contribution in [2.75, 3.05) is 6.54 Å². The van der Waals surface area contributed by atoms with E-state index in [9.17, 15) is 18.7 Å². The van der Waals surface area contributed by atoms with E-state index >= 15 is 0 Å². The van der Waals surface area contributed by atoms with Crippen molar-refractivity contribution in [2.45, 2.75) is 32.8 Å². The summed E-state index contributed by atoms with van der Waals surface area (Å²) in [5.74, 6) is -2.03. The molecule has 0 heterocycles. The van der Waals surface area contributed by atoms with Gasteiger partial charge in [0.25, 0.3) is 0 Å². The van der Waals surface area contributed by atoms with Crippen molar-refractivity contribution in [1.82, 2.24) is 5.32 Å². The van der Waals surface area contributed by atoms with Gasteiger partial charge in [-0.2, -0.15) is 0 Å². The van der Waals surface area contributed by atoms with Gasteiger partial charge < -0.3 is 10.4 Å². The summed E-state index contributed by atoms with van der Waals surface area (Å²) in [6, 6.07) is 3.35. The molecule has 1 aromatic carbocycles. The lowest BCUT2D eigenvalue weighted by Gasteiger charge is -2.13. The van der Waals surface area contributed by atoms with E-state index in [-0.39, 0.29) is 12.5 Å². The van der Waals surface area contributed by atoms with Gasteiger partial charge in [0, 0.05) is 12.6 Å². The lowest BCUT2D eigenvalue weighted by Crippen LogP contribution is -2.28. The molecule has 0 fully saturated rings. The molecule has 3 nitrogen and oxygen atoms in total. The number of carbonyl (C=O) groups is 1. The Balaban J connectivity index is 2.66. The molecule has 2 N–H and O–H groups in total. The van der Waals surface area contributed by atoms with E-state index < -0.39 is 23.3 Å². The van der Waals surface area contributed by atoms with E-state index in [0.29, 0.717) is 0 Å². The number of allylic oxidation sites excluding steroid dienone is 1. The van der Waals surface area contributed by atoms with Crippen LogP contribution < -0.4 is 5.32 Å². The predicted molar refractivity (Wildman–Crippen MR) is 73.0 cm³/mol. The lowest BCUT2D eigenvalue weighted by molar-refractivity contribution is -0.117. The van der Waals surface area contributed by atoms with Gasteiger partial charge in [-0.15, -0.1) is 0 Å². The van der Waals surface area contributed by atoms with E-state index in [1.165, 1.54) is 12.1 Å². The molecule has 0 spiro atoms. The van der Waals surface area contributed by atoms with Crippen molar-refractivity contribution in [3.8, 4) is 0 Å². The van der Waals surface area contributed by atoms with E-state index in [2.05, 4.69) is 5.32 Å². The molecule has 5 heteroatoms. The van der Waals surface area contributed by atoms with Crippen LogP contribution in [0.25, 0.3) is 0 Å². The average Bonchev–Trinajstić information content (AvgIpc) is 2.42. The molecule has 20 heavy (non-hydrogen) atoms. The second-order valence-corrected chi connectivity index (χ2v) is 4.41. The number of halogens is 2. The van der Waals surface area contributed by atoms with Gasteiger partial charge in [0.1, 0.15) is 17.7 Å². The summed E-state index contributed by atoms with van der Waals surface area (Å²) in [7, 11) is 0. The molecule has 0 bridgehead atoms. The molecule has 0 saturated carbocycles. The third-order valence-electron chi connectivity index (χ3n) is 3.05. The van der Waals surface area contributed by atoms with Crippen molar-refractivity contribution >= 4 is 5.91 Å². The molecular formula is C15H19F2NO2. The van der Waals surface area contributed by atoms with Crippen LogP contribution in [0.15, 0.2) is 29.8 Å². The molecule has 1 amide bonds. The van der Waals surface area contributed by atoms with Crippen LogP contribution in [0.1, 0.15) is 38.4 Å². The number of aliphatic hydroxyl groups is 1. The minimum atomic E-state index is -1.42. The Labute approximate surface area is 117 Å². The zero-order valence-corrected chi connectivity index (χ0v) is 11.6. The van der Waals surface area contributed by atoms with Gasteiger partial charge >= 0.3 is 0 Å². The van der Waals surface area contributed by atoms with Crippen LogP contribution in [0.4, 0.5) is 8.78 Å². The second kappa shape index (κ2) is 7.75. The number of nitrogens with one attached hydrogen (secondary N) is 1. The SMILES string of the molecule is CCC(=CC(=O)NCC(O)c1c(F)cccc1F)CC. The highest BCUT2D eigenvalue weighted by Crippen LogP contribution is 2.19. The highest BCUT2D eigenvalue weighted by atomic mass is 19.1. The first-order valence-corrected chi connectivity index (χ1v) is 6.58. The maximum atomic E-state index is 13.4. The fourth-order valence-corrected chi connectivity index (χ4v) is 1.82. The molecule has 1 aromatic rings. The topological polar surface area (TPSA) is 49.3 Å². The summed E-state index contributed by atoms with van der Waals surface area (Å²) < 4.78 is 26.8. The van der Waals surface area contributed by atoms with E-state index in [0.717, 1.165) is 30.5 Å². The van der Waals surface area contributed by atoms with Gasteiger partial charge in [-0.05, 0) is 25.0 Å². The zero-order chi connectivity index (χ0) is 15.1. The quantitative estimate of drug-likeness (QED) is 0.789. The van der Waals surface area contributed by atoms with E-state index in [4.69, 9.17) is 0 Å². The Hall–Kier alpha value is -1.75. The molecule has 1 atom stereocenters. The number of benzene rings is 1. The Bertz CT molecular complexity index is 474. The average molecular weight is 283 g/mol. The maximum Gasteiger partial charge on any atom is 0.244 e. The van der Waals surface area contributed by atoms with Gasteiger partial charge in [0.15, 0.2) is 0 Å². The summed E-state index contributed by atoms with van der Waals surface area (Å²) in [5, 5.41) is 12.2. The number of hydrogen-bond donors (Lipinski definition) is 2. The van der Waals surface area contributed by atoms with Gasteiger partial charge in [-0.3, -0.25) is 4.79 Å². The van der Waals surface area contributed by atoms with Crippen LogP contribution in [0.3, 0.4) is 0 Å². The molecule has 0 radical (unpaired) electrons. The Morgan fingerprint density at radius 1 is 1.30 bits per heavy atom. The first kappa shape index (κ1) is 16.3. The van der Waals surface area contributed by atoms with E-state index in [1.807, 2.05) is 13.8 Å². The molecule has 0 aliphatic rings. The molecule has 0 aliphatic carbocycles. The van der Waals surface area contributed by atoms with Crippen molar-refractivity contribution in [3.63, 3.8) is 0 Å². The van der Waals surface area contributed by atoms with Crippen LogP contribution in [-0.4, -0.2) is 17.6 Å². The fraction of sp³-hybridized carbons (Fsp3) is 0.400. The number of hydrogen-bond acceptors (Lipinski definition) is 2. The number of amides is 1. The predicted octanol–water partition coefficient (Wildman–Crippen LogP) is 2.86. The number of aliphatic hydroxyl groups excluding tert-OH is 1. The summed E-state index contributed by atoms with van der Waals surface area (Å²) in [5.41, 5.74) is 0.539.